The van der Waals surface area contributed by atoms with Gasteiger partial charge in [-0.15, -0.1) is 0 Å². The maximum atomic E-state index is 12.9. The molecule has 3 N–H and O–H groups in total. The number of amides is 3. The number of para-hydroxylation sites is 2. The summed E-state index contributed by atoms with van der Waals surface area (Å²) in [6.45, 7) is 8.19. The van der Waals surface area contributed by atoms with E-state index in [2.05, 4.69) is 31.8 Å². The highest BCUT2D eigenvalue weighted by Crippen LogP contribution is 2.31. The van der Waals surface area contributed by atoms with Crippen molar-refractivity contribution in [2.24, 2.45) is 0 Å². The second-order valence-corrected chi connectivity index (χ2v) is 7.62. The minimum Gasteiger partial charge on any atom is -0.495 e. The number of anilines is 3. The number of hydrogen-bond acceptors (Lipinski definition) is 5. The number of nitrogens with one attached hydrogen (secondary N) is 3. The Morgan fingerprint density at radius 3 is 2.28 bits per heavy atom. The van der Waals surface area contributed by atoms with Crippen LogP contribution in [0.15, 0.2) is 42.5 Å². The molecule has 32 heavy (non-hydrogen) atoms. The monoisotopic (exact) mass is 439 g/mol. The average molecular weight is 440 g/mol. The van der Waals surface area contributed by atoms with Crippen LogP contribution in [0.2, 0.25) is 0 Å². The molecule has 0 atom stereocenters. The van der Waals surface area contributed by atoms with Gasteiger partial charge in [0.05, 0.1) is 18.4 Å². The summed E-state index contributed by atoms with van der Waals surface area (Å²) in [7, 11) is 1.69. The summed E-state index contributed by atoms with van der Waals surface area (Å²) < 4.78 is 5.51. The predicted octanol–water partition coefficient (Wildman–Crippen LogP) is 3.30. The lowest BCUT2D eigenvalue weighted by Gasteiger charge is -2.38. The van der Waals surface area contributed by atoms with Crippen LogP contribution >= 0.6 is 0 Å². The molecule has 1 aliphatic rings. The zero-order valence-electron chi connectivity index (χ0n) is 19.1. The summed E-state index contributed by atoms with van der Waals surface area (Å²) in [6, 6.07) is 13.2. The van der Waals surface area contributed by atoms with Gasteiger partial charge in [-0.1, -0.05) is 19.1 Å². The first kappa shape index (κ1) is 23.2. The fraction of sp³-hybridized carbons (Fsp3) is 0.417. The third-order valence-corrected chi connectivity index (χ3v) is 5.42. The van der Waals surface area contributed by atoms with Crippen molar-refractivity contribution >= 4 is 29.0 Å². The van der Waals surface area contributed by atoms with Gasteiger partial charge in [0.2, 0.25) is 0 Å². The van der Waals surface area contributed by atoms with Crippen molar-refractivity contribution in [3.8, 4) is 5.75 Å². The van der Waals surface area contributed by atoms with Crippen molar-refractivity contribution in [1.82, 2.24) is 10.6 Å². The van der Waals surface area contributed by atoms with E-state index in [1.807, 2.05) is 44.2 Å². The molecule has 8 nitrogen and oxygen atoms in total. The van der Waals surface area contributed by atoms with E-state index in [0.29, 0.717) is 24.3 Å². The van der Waals surface area contributed by atoms with E-state index < -0.39 is 0 Å². The van der Waals surface area contributed by atoms with E-state index in [0.717, 1.165) is 49.7 Å². The molecular weight excluding hydrogens is 406 g/mol. The largest absolute Gasteiger partial charge is 0.495 e. The minimum absolute atomic E-state index is 0.131. The van der Waals surface area contributed by atoms with Crippen LogP contribution in [-0.2, 0) is 0 Å². The van der Waals surface area contributed by atoms with Crippen molar-refractivity contribution in [2.75, 3.05) is 61.5 Å². The normalized spacial score (nSPS) is 13.5. The molecule has 3 amide bonds. The second kappa shape index (κ2) is 11.3. The molecule has 172 valence electrons. The van der Waals surface area contributed by atoms with E-state index in [1.165, 1.54) is 0 Å². The Balaban J connectivity index is 1.78. The molecule has 1 heterocycles. The zero-order chi connectivity index (χ0) is 22.9. The van der Waals surface area contributed by atoms with Gasteiger partial charge in [0.15, 0.2) is 0 Å². The van der Waals surface area contributed by atoms with Gasteiger partial charge >= 0.3 is 6.03 Å². The number of carbonyl (C=O) groups is 2. The lowest BCUT2D eigenvalue weighted by molar-refractivity contribution is 0.0954. The molecule has 2 aromatic carbocycles. The third kappa shape index (κ3) is 5.63. The number of rotatable bonds is 8. The first-order valence-corrected chi connectivity index (χ1v) is 11.2. The number of nitrogens with zero attached hydrogens (tertiary/aromatic N) is 2. The molecule has 0 spiro atoms. The van der Waals surface area contributed by atoms with Gasteiger partial charge in [0, 0.05) is 50.6 Å². The molecule has 3 rings (SSSR count). The summed E-state index contributed by atoms with van der Waals surface area (Å²) in [5.41, 5.74) is 3.12. The topological polar surface area (TPSA) is 85.9 Å². The summed E-state index contributed by atoms with van der Waals surface area (Å²) in [5, 5.41) is 8.47. The highest BCUT2D eigenvalue weighted by molar-refractivity contribution is 6.02. The predicted molar refractivity (Wildman–Crippen MR) is 129 cm³/mol. The number of ether oxygens (including phenoxy) is 1. The first-order chi connectivity index (χ1) is 15.6. The van der Waals surface area contributed by atoms with Crippen LogP contribution in [0.3, 0.4) is 0 Å². The van der Waals surface area contributed by atoms with Crippen molar-refractivity contribution < 1.29 is 14.3 Å². The Hall–Kier alpha value is -3.42. The molecule has 0 bridgehead atoms. The summed E-state index contributed by atoms with van der Waals surface area (Å²) in [6.07, 6.45) is 0.857. The van der Waals surface area contributed by atoms with Crippen LogP contribution in [0.5, 0.6) is 5.75 Å². The lowest BCUT2D eigenvalue weighted by atomic mass is 10.1. The van der Waals surface area contributed by atoms with E-state index >= 15 is 0 Å². The number of carbonyl (C=O) groups excluding carboxylic acids is 2. The van der Waals surface area contributed by atoms with Crippen molar-refractivity contribution in [3.63, 3.8) is 0 Å². The van der Waals surface area contributed by atoms with Crippen LogP contribution in [0.25, 0.3) is 0 Å². The molecule has 1 saturated heterocycles. The number of piperazine rings is 1. The summed E-state index contributed by atoms with van der Waals surface area (Å²) in [4.78, 5) is 29.4. The molecule has 0 radical (unpaired) electrons. The lowest BCUT2D eigenvalue weighted by Crippen LogP contribution is -2.47. The maximum Gasteiger partial charge on any atom is 0.319 e. The van der Waals surface area contributed by atoms with Crippen LogP contribution in [0.1, 0.15) is 30.6 Å². The number of methoxy groups -OCH3 is 1. The molecule has 0 aliphatic carbocycles. The molecule has 1 fully saturated rings. The Kier molecular flexibility index (Phi) is 8.19. The summed E-state index contributed by atoms with van der Waals surface area (Å²) in [5.74, 6) is 0.731. The zero-order valence-corrected chi connectivity index (χ0v) is 19.1. The quantitative estimate of drug-likeness (QED) is 0.588. The standard InChI is InChI=1S/C24H33N5O3/c1-4-12-26-23(30)19-17-18(27-24(31)25-5-2)10-11-20(19)28-13-15-29(16-14-28)21-8-6-7-9-22(21)32-3/h6-11,17H,4-5,12-16H2,1-3H3,(H,26,30)(H2,25,27,31). The van der Waals surface area contributed by atoms with Crippen molar-refractivity contribution in [3.05, 3.63) is 48.0 Å². The molecule has 0 aromatic heterocycles. The Morgan fingerprint density at radius 1 is 0.938 bits per heavy atom. The highest BCUT2D eigenvalue weighted by Gasteiger charge is 2.23. The van der Waals surface area contributed by atoms with Crippen LogP contribution in [0, 0.1) is 0 Å². The van der Waals surface area contributed by atoms with Gasteiger partial charge in [-0.05, 0) is 43.7 Å². The van der Waals surface area contributed by atoms with E-state index in [-0.39, 0.29) is 11.9 Å². The van der Waals surface area contributed by atoms with E-state index in [1.54, 1.807) is 13.2 Å². The second-order valence-electron chi connectivity index (χ2n) is 7.62. The number of hydrogen-bond donors (Lipinski definition) is 3. The van der Waals surface area contributed by atoms with Crippen LogP contribution in [0.4, 0.5) is 21.9 Å². The van der Waals surface area contributed by atoms with E-state index in [9.17, 15) is 9.59 Å². The van der Waals surface area contributed by atoms with Gasteiger partial charge in [0.1, 0.15) is 5.75 Å². The first-order valence-electron chi connectivity index (χ1n) is 11.2. The van der Waals surface area contributed by atoms with Crippen LogP contribution < -0.4 is 30.5 Å². The molecule has 1 aliphatic heterocycles. The summed E-state index contributed by atoms with van der Waals surface area (Å²) >= 11 is 0. The highest BCUT2D eigenvalue weighted by atomic mass is 16.5. The Bertz CT molecular complexity index is 926. The van der Waals surface area contributed by atoms with Crippen molar-refractivity contribution in [2.45, 2.75) is 20.3 Å². The number of benzene rings is 2. The number of urea groups is 1. The Labute approximate surface area is 189 Å². The van der Waals surface area contributed by atoms with Crippen LogP contribution in [-0.4, -0.2) is 58.3 Å². The molecule has 0 saturated carbocycles. The molecular formula is C24H33N5O3. The van der Waals surface area contributed by atoms with Gasteiger partial charge in [-0.25, -0.2) is 4.79 Å². The molecule has 8 heteroatoms. The van der Waals surface area contributed by atoms with Gasteiger partial charge in [0.25, 0.3) is 5.91 Å². The fourth-order valence-corrected chi connectivity index (χ4v) is 3.82. The molecule has 2 aromatic rings. The Morgan fingerprint density at radius 2 is 1.62 bits per heavy atom. The minimum atomic E-state index is -0.286. The van der Waals surface area contributed by atoms with E-state index in [4.69, 9.17) is 4.74 Å². The van der Waals surface area contributed by atoms with Gasteiger partial charge < -0.3 is 30.5 Å². The smallest absolute Gasteiger partial charge is 0.319 e. The average Bonchev–Trinajstić information content (AvgIpc) is 2.82. The fourth-order valence-electron chi connectivity index (χ4n) is 3.82. The SMILES string of the molecule is CCCNC(=O)c1cc(NC(=O)NCC)ccc1N1CCN(c2ccccc2OC)CC1. The van der Waals surface area contributed by atoms with Crippen molar-refractivity contribution in [1.29, 1.82) is 0 Å². The van der Waals surface area contributed by atoms with Gasteiger partial charge in [-0.3, -0.25) is 4.79 Å². The third-order valence-electron chi connectivity index (χ3n) is 5.42. The maximum absolute atomic E-state index is 12.9. The van der Waals surface area contributed by atoms with Gasteiger partial charge in [-0.2, -0.15) is 0 Å². The molecule has 0 unspecified atom stereocenters.